The van der Waals surface area contributed by atoms with Crippen LogP contribution in [0.15, 0.2) is 65.2 Å². The standard InChI is InChI=1S/C19H16N2O/c20-13-16-9-11-17(12-10-16)18-14-21-19(22-18)8-4-7-15-5-2-1-3-6-15/h1-3,5-6,9-12,14H,4,7-8H2. The summed E-state index contributed by atoms with van der Waals surface area (Å²) in [6.07, 6.45) is 4.61. The Kier molecular flexibility index (Phi) is 4.31. The smallest absolute Gasteiger partial charge is 0.194 e. The third-order valence-electron chi connectivity index (χ3n) is 3.55. The Morgan fingerprint density at radius 1 is 0.955 bits per heavy atom. The van der Waals surface area contributed by atoms with Gasteiger partial charge in [0.1, 0.15) is 0 Å². The largest absolute Gasteiger partial charge is 0.441 e. The van der Waals surface area contributed by atoms with Crippen LogP contribution in [0.5, 0.6) is 0 Å². The maximum atomic E-state index is 8.81. The molecule has 0 aliphatic carbocycles. The van der Waals surface area contributed by atoms with Gasteiger partial charge in [0.15, 0.2) is 11.7 Å². The lowest BCUT2D eigenvalue weighted by Crippen LogP contribution is -1.89. The van der Waals surface area contributed by atoms with Crippen LogP contribution in [0, 0.1) is 11.3 Å². The molecule has 3 nitrogen and oxygen atoms in total. The predicted molar refractivity (Wildman–Crippen MR) is 85.1 cm³/mol. The van der Waals surface area contributed by atoms with Gasteiger partial charge in [-0.25, -0.2) is 4.98 Å². The molecule has 0 N–H and O–H groups in total. The van der Waals surface area contributed by atoms with Crippen molar-refractivity contribution in [2.75, 3.05) is 0 Å². The molecule has 3 heteroatoms. The minimum absolute atomic E-state index is 0.645. The Bertz CT molecular complexity index is 767. The van der Waals surface area contributed by atoms with Crippen molar-refractivity contribution in [1.29, 1.82) is 5.26 Å². The van der Waals surface area contributed by atoms with E-state index in [9.17, 15) is 0 Å². The molecule has 0 bridgehead atoms. The lowest BCUT2D eigenvalue weighted by Gasteiger charge is -1.99. The zero-order valence-electron chi connectivity index (χ0n) is 12.2. The van der Waals surface area contributed by atoms with Gasteiger partial charge < -0.3 is 4.42 Å². The molecule has 0 unspecified atom stereocenters. The molecule has 108 valence electrons. The first-order chi connectivity index (χ1) is 10.8. The molecule has 1 heterocycles. The molecule has 0 saturated heterocycles. The van der Waals surface area contributed by atoms with Gasteiger partial charge in [-0.3, -0.25) is 0 Å². The van der Waals surface area contributed by atoms with E-state index < -0.39 is 0 Å². The van der Waals surface area contributed by atoms with E-state index in [0.29, 0.717) is 5.56 Å². The van der Waals surface area contributed by atoms with Crippen LogP contribution in [0.4, 0.5) is 0 Å². The van der Waals surface area contributed by atoms with Gasteiger partial charge in [0.25, 0.3) is 0 Å². The molecule has 0 fully saturated rings. The predicted octanol–water partition coefficient (Wildman–Crippen LogP) is 4.39. The molecule has 0 saturated carbocycles. The lowest BCUT2D eigenvalue weighted by molar-refractivity contribution is 0.498. The fourth-order valence-electron chi connectivity index (χ4n) is 2.36. The van der Waals surface area contributed by atoms with Crippen molar-refractivity contribution in [2.45, 2.75) is 19.3 Å². The average Bonchev–Trinajstić information content (AvgIpc) is 3.05. The van der Waals surface area contributed by atoms with Crippen LogP contribution < -0.4 is 0 Å². The summed E-state index contributed by atoms with van der Waals surface area (Å²) in [4.78, 5) is 4.33. The van der Waals surface area contributed by atoms with Crippen molar-refractivity contribution in [1.82, 2.24) is 4.98 Å². The second kappa shape index (κ2) is 6.73. The average molecular weight is 288 g/mol. The van der Waals surface area contributed by atoms with Crippen molar-refractivity contribution in [3.8, 4) is 17.4 Å². The van der Waals surface area contributed by atoms with Crippen molar-refractivity contribution in [3.05, 3.63) is 77.8 Å². The zero-order valence-corrected chi connectivity index (χ0v) is 12.2. The highest BCUT2D eigenvalue weighted by atomic mass is 16.4. The van der Waals surface area contributed by atoms with Crippen molar-refractivity contribution < 1.29 is 4.42 Å². The van der Waals surface area contributed by atoms with Gasteiger partial charge in [0, 0.05) is 12.0 Å². The number of aryl methyl sites for hydroxylation is 2. The third-order valence-corrected chi connectivity index (χ3v) is 3.55. The molecule has 0 atom stereocenters. The van der Waals surface area contributed by atoms with Crippen LogP contribution in [0.2, 0.25) is 0 Å². The molecule has 3 aromatic rings. The molecular formula is C19H16N2O. The van der Waals surface area contributed by atoms with Gasteiger partial charge in [-0.1, -0.05) is 30.3 Å². The fourth-order valence-corrected chi connectivity index (χ4v) is 2.36. The van der Waals surface area contributed by atoms with Crippen LogP contribution in [-0.2, 0) is 12.8 Å². The Morgan fingerprint density at radius 3 is 2.45 bits per heavy atom. The minimum atomic E-state index is 0.645. The lowest BCUT2D eigenvalue weighted by atomic mass is 10.1. The Balaban J connectivity index is 1.60. The second-order valence-corrected chi connectivity index (χ2v) is 5.15. The Morgan fingerprint density at radius 2 is 1.73 bits per heavy atom. The zero-order chi connectivity index (χ0) is 15.2. The maximum absolute atomic E-state index is 8.81. The van der Waals surface area contributed by atoms with E-state index in [4.69, 9.17) is 9.68 Å². The Labute approximate surface area is 129 Å². The topological polar surface area (TPSA) is 49.8 Å². The first-order valence-electron chi connectivity index (χ1n) is 7.34. The summed E-state index contributed by atoms with van der Waals surface area (Å²) in [5.74, 6) is 1.51. The van der Waals surface area contributed by atoms with Gasteiger partial charge in [-0.15, -0.1) is 0 Å². The number of hydrogen-bond acceptors (Lipinski definition) is 3. The SMILES string of the molecule is N#Cc1ccc(-c2cnc(CCCc3ccccc3)o2)cc1. The summed E-state index contributed by atoms with van der Waals surface area (Å²) in [6.45, 7) is 0. The van der Waals surface area contributed by atoms with Crippen LogP contribution >= 0.6 is 0 Å². The number of oxazole rings is 1. The molecule has 0 radical (unpaired) electrons. The summed E-state index contributed by atoms with van der Waals surface area (Å²) in [6, 6.07) is 19.9. The van der Waals surface area contributed by atoms with Crippen LogP contribution in [-0.4, -0.2) is 4.98 Å². The highest BCUT2D eigenvalue weighted by Gasteiger charge is 2.06. The first-order valence-corrected chi connectivity index (χ1v) is 7.34. The first kappa shape index (κ1) is 14.1. The van der Waals surface area contributed by atoms with Gasteiger partial charge >= 0.3 is 0 Å². The monoisotopic (exact) mass is 288 g/mol. The van der Waals surface area contributed by atoms with Gasteiger partial charge in [0.2, 0.25) is 0 Å². The quantitative estimate of drug-likeness (QED) is 0.699. The number of nitriles is 1. The van der Waals surface area contributed by atoms with E-state index in [1.807, 2.05) is 18.2 Å². The molecule has 0 aliphatic heterocycles. The maximum Gasteiger partial charge on any atom is 0.194 e. The van der Waals surface area contributed by atoms with Crippen LogP contribution in [0.1, 0.15) is 23.4 Å². The second-order valence-electron chi connectivity index (χ2n) is 5.15. The highest BCUT2D eigenvalue weighted by molar-refractivity contribution is 5.57. The van der Waals surface area contributed by atoms with E-state index in [2.05, 4.69) is 35.3 Å². The van der Waals surface area contributed by atoms with E-state index >= 15 is 0 Å². The third kappa shape index (κ3) is 3.42. The summed E-state index contributed by atoms with van der Waals surface area (Å²) >= 11 is 0. The number of nitrogens with zero attached hydrogens (tertiary/aromatic N) is 2. The van der Waals surface area contributed by atoms with Crippen molar-refractivity contribution in [2.24, 2.45) is 0 Å². The van der Waals surface area contributed by atoms with Crippen LogP contribution in [0.3, 0.4) is 0 Å². The van der Waals surface area contributed by atoms with E-state index in [-0.39, 0.29) is 0 Å². The fraction of sp³-hybridized carbons (Fsp3) is 0.158. The molecule has 3 rings (SSSR count). The van der Waals surface area contributed by atoms with E-state index in [0.717, 1.165) is 36.5 Å². The number of hydrogen-bond donors (Lipinski definition) is 0. The molecular weight excluding hydrogens is 272 g/mol. The molecule has 0 amide bonds. The number of benzene rings is 2. The molecule has 0 aliphatic rings. The minimum Gasteiger partial charge on any atom is -0.441 e. The van der Waals surface area contributed by atoms with Gasteiger partial charge in [-0.05, 0) is 42.7 Å². The molecule has 2 aromatic carbocycles. The molecule has 1 aromatic heterocycles. The summed E-state index contributed by atoms with van der Waals surface area (Å²) in [7, 11) is 0. The Hall–Kier alpha value is -2.86. The van der Waals surface area contributed by atoms with Crippen molar-refractivity contribution >= 4 is 0 Å². The van der Waals surface area contributed by atoms with Gasteiger partial charge in [0.05, 0.1) is 17.8 Å². The highest BCUT2D eigenvalue weighted by Crippen LogP contribution is 2.21. The van der Waals surface area contributed by atoms with Crippen molar-refractivity contribution in [3.63, 3.8) is 0 Å². The summed E-state index contributed by atoms with van der Waals surface area (Å²) < 4.78 is 5.79. The molecule has 0 spiro atoms. The van der Waals surface area contributed by atoms with Crippen LogP contribution in [0.25, 0.3) is 11.3 Å². The van der Waals surface area contributed by atoms with E-state index in [1.165, 1.54) is 5.56 Å². The molecule has 22 heavy (non-hydrogen) atoms. The summed E-state index contributed by atoms with van der Waals surface area (Å²) in [5, 5.41) is 8.81. The van der Waals surface area contributed by atoms with Gasteiger partial charge in [-0.2, -0.15) is 5.26 Å². The van der Waals surface area contributed by atoms with E-state index in [1.54, 1.807) is 18.3 Å². The number of aromatic nitrogens is 1. The summed E-state index contributed by atoms with van der Waals surface area (Å²) in [5.41, 5.74) is 2.92. The number of rotatable bonds is 5. The normalized spacial score (nSPS) is 10.3.